The molecule has 0 spiro atoms. The van der Waals surface area contributed by atoms with E-state index in [0.717, 1.165) is 18.8 Å². The predicted octanol–water partition coefficient (Wildman–Crippen LogP) is 3.12. The lowest BCUT2D eigenvalue weighted by Crippen LogP contribution is -2.10. The van der Waals surface area contributed by atoms with Crippen molar-refractivity contribution < 1.29 is 10.2 Å². The molecule has 15 heavy (non-hydrogen) atoms. The third kappa shape index (κ3) is 11.8. The summed E-state index contributed by atoms with van der Waals surface area (Å²) in [7, 11) is 0. The third-order valence-electron chi connectivity index (χ3n) is 2.78. The summed E-state index contributed by atoms with van der Waals surface area (Å²) in [6, 6.07) is 0. The van der Waals surface area contributed by atoms with Gasteiger partial charge in [0.05, 0.1) is 12.7 Å². The minimum Gasteiger partial charge on any atom is -0.394 e. The lowest BCUT2D eigenvalue weighted by atomic mass is 10.0. The number of unbranched alkanes of at least 4 members (excludes halogenated alkanes) is 5. The minimum atomic E-state index is -0.494. The minimum absolute atomic E-state index is 0.0889. The molecule has 0 saturated carbocycles. The van der Waals surface area contributed by atoms with Gasteiger partial charge in [-0.3, -0.25) is 0 Å². The van der Waals surface area contributed by atoms with Gasteiger partial charge < -0.3 is 10.2 Å². The monoisotopic (exact) mass is 216 g/mol. The van der Waals surface area contributed by atoms with Gasteiger partial charge in [-0.05, 0) is 12.3 Å². The van der Waals surface area contributed by atoms with Gasteiger partial charge in [-0.15, -0.1) is 0 Å². The topological polar surface area (TPSA) is 40.5 Å². The first-order chi connectivity index (χ1) is 7.16. The largest absolute Gasteiger partial charge is 0.394 e. The fourth-order valence-corrected chi connectivity index (χ4v) is 1.73. The molecule has 1 atom stereocenters. The van der Waals surface area contributed by atoms with E-state index < -0.39 is 6.10 Å². The van der Waals surface area contributed by atoms with Crippen LogP contribution in [-0.2, 0) is 0 Å². The number of aliphatic hydroxyl groups is 2. The van der Waals surface area contributed by atoms with Crippen LogP contribution in [0, 0.1) is 5.92 Å². The van der Waals surface area contributed by atoms with Crippen molar-refractivity contribution in [1.29, 1.82) is 0 Å². The van der Waals surface area contributed by atoms with Gasteiger partial charge in [0.15, 0.2) is 0 Å². The maximum atomic E-state index is 9.11. The number of rotatable bonds is 10. The first kappa shape index (κ1) is 14.9. The average Bonchev–Trinajstić information content (AvgIpc) is 2.21. The second-order valence-corrected chi connectivity index (χ2v) is 4.93. The zero-order valence-corrected chi connectivity index (χ0v) is 10.4. The van der Waals surface area contributed by atoms with Crippen LogP contribution in [0.1, 0.15) is 65.2 Å². The van der Waals surface area contributed by atoms with Gasteiger partial charge in [0, 0.05) is 0 Å². The van der Waals surface area contributed by atoms with E-state index in [-0.39, 0.29) is 6.61 Å². The summed E-state index contributed by atoms with van der Waals surface area (Å²) in [5.41, 5.74) is 0. The molecule has 0 radical (unpaired) electrons. The Morgan fingerprint density at radius 1 is 0.800 bits per heavy atom. The molecule has 0 amide bonds. The van der Waals surface area contributed by atoms with E-state index >= 15 is 0 Å². The van der Waals surface area contributed by atoms with Crippen LogP contribution < -0.4 is 0 Å². The van der Waals surface area contributed by atoms with E-state index in [2.05, 4.69) is 13.8 Å². The van der Waals surface area contributed by atoms with Gasteiger partial charge in [-0.2, -0.15) is 0 Å². The summed E-state index contributed by atoms with van der Waals surface area (Å²) >= 11 is 0. The molecule has 0 aromatic rings. The quantitative estimate of drug-likeness (QED) is 0.551. The van der Waals surface area contributed by atoms with Crippen LogP contribution in [0.2, 0.25) is 0 Å². The number of hydrogen-bond acceptors (Lipinski definition) is 2. The van der Waals surface area contributed by atoms with Crippen molar-refractivity contribution in [3.05, 3.63) is 0 Å². The maximum absolute atomic E-state index is 9.11. The Balaban J connectivity index is 2.99. The van der Waals surface area contributed by atoms with Crippen molar-refractivity contribution in [3.63, 3.8) is 0 Å². The Bertz CT molecular complexity index is 124. The number of hydrogen-bond donors (Lipinski definition) is 2. The van der Waals surface area contributed by atoms with Gasteiger partial charge in [-0.1, -0.05) is 58.8 Å². The average molecular weight is 216 g/mol. The van der Waals surface area contributed by atoms with Crippen molar-refractivity contribution in [3.8, 4) is 0 Å². The Hall–Kier alpha value is -0.0800. The van der Waals surface area contributed by atoms with E-state index in [0.29, 0.717) is 0 Å². The molecule has 0 aliphatic carbocycles. The molecular weight excluding hydrogens is 188 g/mol. The summed E-state index contributed by atoms with van der Waals surface area (Å²) in [6.07, 6.45) is 9.15. The van der Waals surface area contributed by atoms with Crippen molar-refractivity contribution in [2.24, 2.45) is 5.92 Å². The molecule has 0 aromatic heterocycles. The van der Waals surface area contributed by atoms with Crippen LogP contribution in [0.4, 0.5) is 0 Å². The van der Waals surface area contributed by atoms with E-state index in [1.54, 1.807) is 0 Å². The van der Waals surface area contributed by atoms with Crippen LogP contribution in [0.15, 0.2) is 0 Å². The highest BCUT2D eigenvalue weighted by molar-refractivity contribution is 4.54. The number of aliphatic hydroxyl groups excluding tert-OH is 2. The fraction of sp³-hybridized carbons (Fsp3) is 1.00. The lowest BCUT2D eigenvalue weighted by molar-refractivity contribution is 0.0860. The van der Waals surface area contributed by atoms with Crippen molar-refractivity contribution >= 4 is 0 Å². The zero-order valence-electron chi connectivity index (χ0n) is 10.4. The molecule has 2 nitrogen and oxygen atoms in total. The first-order valence-corrected chi connectivity index (χ1v) is 6.45. The Kier molecular flexibility index (Phi) is 10.4. The Morgan fingerprint density at radius 3 is 1.73 bits per heavy atom. The summed E-state index contributed by atoms with van der Waals surface area (Å²) < 4.78 is 0. The molecule has 0 saturated heterocycles. The molecule has 0 bridgehead atoms. The van der Waals surface area contributed by atoms with Crippen LogP contribution in [0.25, 0.3) is 0 Å². The van der Waals surface area contributed by atoms with E-state index in [1.807, 2.05) is 0 Å². The van der Waals surface area contributed by atoms with Gasteiger partial charge in [0.2, 0.25) is 0 Å². The molecule has 0 heterocycles. The highest BCUT2D eigenvalue weighted by Crippen LogP contribution is 2.12. The molecule has 2 heteroatoms. The normalized spacial score (nSPS) is 13.4. The Labute approximate surface area is 94.7 Å². The maximum Gasteiger partial charge on any atom is 0.0770 e. The summed E-state index contributed by atoms with van der Waals surface area (Å²) in [5.74, 6) is 0.838. The Morgan fingerprint density at radius 2 is 1.27 bits per heavy atom. The molecule has 0 rings (SSSR count). The molecule has 1 unspecified atom stereocenters. The fourth-order valence-electron chi connectivity index (χ4n) is 1.73. The second-order valence-electron chi connectivity index (χ2n) is 4.93. The molecule has 2 N–H and O–H groups in total. The van der Waals surface area contributed by atoms with E-state index in [4.69, 9.17) is 10.2 Å². The standard InChI is InChI=1S/C13H28O2/c1-12(2)9-7-5-3-4-6-8-10-13(15)11-14/h12-15H,3-11H2,1-2H3. The van der Waals surface area contributed by atoms with Gasteiger partial charge in [0.25, 0.3) is 0 Å². The van der Waals surface area contributed by atoms with Crippen LogP contribution >= 0.6 is 0 Å². The molecule has 0 aliphatic heterocycles. The highest BCUT2D eigenvalue weighted by Gasteiger charge is 2.00. The van der Waals surface area contributed by atoms with Crippen LogP contribution in [0.3, 0.4) is 0 Å². The SMILES string of the molecule is CC(C)CCCCCCCCC(O)CO. The third-order valence-corrected chi connectivity index (χ3v) is 2.78. The summed E-state index contributed by atoms with van der Waals surface area (Å²) in [4.78, 5) is 0. The van der Waals surface area contributed by atoms with Crippen molar-refractivity contribution in [1.82, 2.24) is 0 Å². The van der Waals surface area contributed by atoms with Gasteiger partial charge in [-0.25, -0.2) is 0 Å². The predicted molar refractivity (Wildman–Crippen MR) is 64.9 cm³/mol. The summed E-state index contributed by atoms with van der Waals surface area (Å²) in [5, 5.41) is 17.7. The first-order valence-electron chi connectivity index (χ1n) is 6.45. The van der Waals surface area contributed by atoms with Crippen molar-refractivity contribution in [2.45, 2.75) is 71.3 Å². The zero-order chi connectivity index (χ0) is 11.5. The molecule has 0 aromatic carbocycles. The van der Waals surface area contributed by atoms with Crippen LogP contribution in [0.5, 0.6) is 0 Å². The summed E-state index contributed by atoms with van der Waals surface area (Å²) in [6.45, 7) is 4.46. The van der Waals surface area contributed by atoms with Crippen molar-refractivity contribution in [2.75, 3.05) is 6.61 Å². The molecule has 92 valence electrons. The van der Waals surface area contributed by atoms with Gasteiger partial charge >= 0.3 is 0 Å². The highest BCUT2D eigenvalue weighted by atomic mass is 16.3. The molecule has 0 fully saturated rings. The molecule has 0 aliphatic rings. The smallest absolute Gasteiger partial charge is 0.0770 e. The van der Waals surface area contributed by atoms with Crippen LogP contribution in [-0.4, -0.2) is 22.9 Å². The molecular formula is C13H28O2. The van der Waals surface area contributed by atoms with E-state index in [1.165, 1.54) is 38.5 Å². The van der Waals surface area contributed by atoms with Gasteiger partial charge in [0.1, 0.15) is 0 Å². The second kappa shape index (κ2) is 10.4. The van der Waals surface area contributed by atoms with E-state index in [9.17, 15) is 0 Å². The lowest BCUT2D eigenvalue weighted by Gasteiger charge is -2.06.